The third-order valence-corrected chi connectivity index (χ3v) is 2.31. The Morgan fingerprint density at radius 3 is 2.93 bits per heavy atom. The first kappa shape index (κ1) is 11.8. The van der Waals surface area contributed by atoms with E-state index in [-0.39, 0.29) is 0 Å². The van der Waals surface area contributed by atoms with Crippen LogP contribution in [-0.2, 0) is 0 Å². The van der Waals surface area contributed by atoms with Gasteiger partial charge in [0.1, 0.15) is 6.07 Å². The Hall–Kier alpha value is -1.31. The summed E-state index contributed by atoms with van der Waals surface area (Å²) in [4.78, 5) is 0. The number of halogens is 1. The lowest BCUT2D eigenvalue weighted by atomic mass is 10.2. The Morgan fingerprint density at radius 2 is 2.27 bits per heavy atom. The molecule has 0 aliphatic carbocycles. The number of hydrogen-bond acceptors (Lipinski definition) is 3. The minimum Gasteiger partial charge on any atom is -0.381 e. The molecule has 3 nitrogen and oxygen atoms in total. The zero-order valence-electron chi connectivity index (χ0n) is 8.20. The molecule has 0 aliphatic heterocycles. The molecule has 0 saturated heterocycles. The molecule has 0 amide bonds. The van der Waals surface area contributed by atoms with Crippen LogP contribution in [0, 0.1) is 11.3 Å². The predicted octanol–water partition coefficient (Wildman–Crippen LogP) is 2.25. The van der Waals surface area contributed by atoms with Crippen LogP contribution < -0.4 is 11.1 Å². The average Bonchev–Trinajstić information content (AvgIpc) is 2.26. The van der Waals surface area contributed by atoms with Gasteiger partial charge in [-0.2, -0.15) is 5.26 Å². The molecule has 0 radical (unpaired) electrons. The van der Waals surface area contributed by atoms with Gasteiger partial charge in [0.2, 0.25) is 0 Å². The molecule has 3 N–H and O–H groups in total. The van der Waals surface area contributed by atoms with Gasteiger partial charge in [-0.3, -0.25) is 0 Å². The Labute approximate surface area is 97.7 Å². The largest absolute Gasteiger partial charge is 0.381 e. The Kier molecular flexibility index (Phi) is 4.88. The van der Waals surface area contributed by atoms with Crippen molar-refractivity contribution in [1.82, 2.24) is 0 Å². The highest BCUT2D eigenvalue weighted by Gasteiger charge is 2.00. The van der Waals surface area contributed by atoms with Crippen LogP contribution in [0.3, 0.4) is 0 Å². The maximum Gasteiger partial charge on any atom is 0.101 e. The molecular weight excluding hydrogens is 254 g/mol. The number of nitrogens with one attached hydrogen (secondary N) is 1. The molecule has 0 unspecified atom stereocenters. The number of rotatable bonds is 4. The molecule has 0 spiro atoms. The van der Waals surface area contributed by atoms with Gasteiger partial charge in [0.05, 0.1) is 11.3 Å². The van der Waals surface area contributed by atoms with Crippen LogP contribution in [0.1, 0.15) is 5.56 Å². The molecule has 0 bridgehead atoms. The fourth-order valence-electron chi connectivity index (χ4n) is 1.11. The molecule has 78 valence electrons. The Bertz CT molecular complexity index is 393. The van der Waals surface area contributed by atoms with Crippen molar-refractivity contribution in [3.05, 3.63) is 40.4 Å². The van der Waals surface area contributed by atoms with Crippen LogP contribution in [0.25, 0.3) is 0 Å². The number of benzene rings is 1. The zero-order chi connectivity index (χ0) is 11.1. The van der Waals surface area contributed by atoms with Crippen LogP contribution in [0.5, 0.6) is 0 Å². The summed E-state index contributed by atoms with van der Waals surface area (Å²) in [5.74, 6) is 0. The van der Waals surface area contributed by atoms with Crippen LogP contribution in [-0.4, -0.2) is 13.1 Å². The number of nitriles is 1. The summed E-state index contributed by atoms with van der Waals surface area (Å²) < 4.78 is 0.905. The van der Waals surface area contributed by atoms with E-state index in [0.29, 0.717) is 18.7 Å². The number of anilines is 1. The molecule has 0 aromatic heterocycles. The molecule has 0 fully saturated rings. The summed E-state index contributed by atoms with van der Waals surface area (Å²) in [6.07, 6.45) is 3.81. The van der Waals surface area contributed by atoms with Gasteiger partial charge in [0.25, 0.3) is 0 Å². The highest BCUT2D eigenvalue weighted by molar-refractivity contribution is 9.10. The van der Waals surface area contributed by atoms with E-state index in [1.807, 2.05) is 24.3 Å². The lowest BCUT2D eigenvalue weighted by molar-refractivity contribution is 1.22. The third-order valence-electron chi connectivity index (χ3n) is 1.82. The van der Waals surface area contributed by atoms with Crippen molar-refractivity contribution in [2.24, 2.45) is 5.73 Å². The predicted molar refractivity (Wildman–Crippen MR) is 65.5 cm³/mol. The third kappa shape index (κ3) is 3.74. The maximum atomic E-state index is 8.90. The normalized spacial score (nSPS) is 10.2. The number of hydrogen-bond donors (Lipinski definition) is 2. The summed E-state index contributed by atoms with van der Waals surface area (Å²) >= 11 is 3.32. The highest BCUT2D eigenvalue weighted by Crippen LogP contribution is 2.19. The molecule has 15 heavy (non-hydrogen) atoms. The molecule has 4 heteroatoms. The van der Waals surface area contributed by atoms with Crippen molar-refractivity contribution in [2.75, 3.05) is 18.4 Å². The first-order valence-corrected chi connectivity index (χ1v) is 5.36. The molecule has 1 aromatic rings. The van der Waals surface area contributed by atoms with E-state index in [0.717, 1.165) is 10.2 Å². The second-order valence-corrected chi connectivity index (χ2v) is 3.81. The fraction of sp³-hybridized carbons (Fsp3) is 0.182. The topological polar surface area (TPSA) is 61.8 Å². The lowest BCUT2D eigenvalue weighted by Crippen LogP contribution is -2.01. The van der Waals surface area contributed by atoms with Crippen molar-refractivity contribution in [1.29, 1.82) is 5.26 Å². The van der Waals surface area contributed by atoms with Crippen molar-refractivity contribution < 1.29 is 0 Å². The van der Waals surface area contributed by atoms with Gasteiger partial charge in [-0.15, -0.1) is 0 Å². The summed E-state index contributed by atoms with van der Waals surface area (Å²) in [5, 5.41) is 12.0. The summed E-state index contributed by atoms with van der Waals surface area (Å²) in [6, 6.07) is 7.70. The van der Waals surface area contributed by atoms with E-state index in [1.165, 1.54) is 0 Å². The van der Waals surface area contributed by atoms with Gasteiger partial charge in [-0.1, -0.05) is 28.1 Å². The second-order valence-electron chi connectivity index (χ2n) is 2.89. The van der Waals surface area contributed by atoms with E-state index in [1.54, 1.807) is 6.07 Å². The first-order valence-electron chi connectivity index (χ1n) is 4.56. The lowest BCUT2D eigenvalue weighted by Gasteiger charge is -2.05. The Balaban J connectivity index is 2.69. The highest BCUT2D eigenvalue weighted by atomic mass is 79.9. The van der Waals surface area contributed by atoms with Crippen molar-refractivity contribution in [2.45, 2.75) is 0 Å². The monoisotopic (exact) mass is 265 g/mol. The standard InChI is InChI=1S/C11H12BrN3/c12-10-3-4-11(9(7-10)8-14)15-6-2-1-5-13/h1-4,7,15H,5-6,13H2/b2-1+. The molecular formula is C11H12BrN3. The van der Waals surface area contributed by atoms with Crippen LogP contribution >= 0.6 is 15.9 Å². The summed E-state index contributed by atoms with van der Waals surface area (Å²) in [7, 11) is 0. The molecule has 1 rings (SSSR count). The quantitative estimate of drug-likeness (QED) is 0.821. The van der Waals surface area contributed by atoms with E-state index >= 15 is 0 Å². The number of nitrogens with two attached hydrogens (primary N) is 1. The molecule has 0 aliphatic rings. The van der Waals surface area contributed by atoms with Crippen LogP contribution in [0.15, 0.2) is 34.8 Å². The SMILES string of the molecule is N#Cc1cc(Br)ccc1NC/C=C/CN. The van der Waals surface area contributed by atoms with Gasteiger partial charge in [-0.05, 0) is 18.2 Å². The Morgan fingerprint density at radius 1 is 1.47 bits per heavy atom. The molecule has 1 aromatic carbocycles. The molecule has 0 atom stereocenters. The first-order chi connectivity index (χ1) is 7.27. The molecule has 0 saturated carbocycles. The van der Waals surface area contributed by atoms with E-state index < -0.39 is 0 Å². The molecule has 0 heterocycles. The van der Waals surface area contributed by atoms with E-state index in [2.05, 4.69) is 27.3 Å². The maximum absolute atomic E-state index is 8.90. The smallest absolute Gasteiger partial charge is 0.101 e. The fourth-order valence-corrected chi connectivity index (χ4v) is 1.47. The summed E-state index contributed by atoms with van der Waals surface area (Å²) in [6.45, 7) is 1.21. The van der Waals surface area contributed by atoms with Crippen molar-refractivity contribution in [3.8, 4) is 6.07 Å². The van der Waals surface area contributed by atoms with Crippen LogP contribution in [0.4, 0.5) is 5.69 Å². The zero-order valence-corrected chi connectivity index (χ0v) is 9.79. The second kappa shape index (κ2) is 6.23. The van der Waals surface area contributed by atoms with Gasteiger partial charge in [0.15, 0.2) is 0 Å². The minimum atomic E-state index is 0.535. The van der Waals surface area contributed by atoms with Crippen LogP contribution in [0.2, 0.25) is 0 Å². The van der Waals surface area contributed by atoms with Gasteiger partial charge in [-0.25, -0.2) is 0 Å². The van der Waals surface area contributed by atoms with Gasteiger partial charge >= 0.3 is 0 Å². The van der Waals surface area contributed by atoms with Crippen molar-refractivity contribution in [3.63, 3.8) is 0 Å². The number of nitrogens with zero attached hydrogens (tertiary/aromatic N) is 1. The van der Waals surface area contributed by atoms with E-state index in [4.69, 9.17) is 11.0 Å². The average molecular weight is 266 g/mol. The van der Waals surface area contributed by atoms with E-state index in [9.17, 15) is 0 Å². The van der Waals surface area contributed by atoms with Gasteiger partial charge < -0.3 is 11.1 Å². The minimum absolute atomic E-state index is 0.535. The summed E-state index contributed by atoms with van der Waals surface area (Å²) in [5.41, 5.74) is 6.78. The van der Waals surface area contributed by atoms with Gasteiger partial charge in [0, 0.05) is 17.6 Å². The van der Waals surface area contributed by atoms with Crippen molar-refractivity contribution >= 4 is 21.6 Å².